The van der Waals surface area contributed by atoms with Crippen LogP contribution in [0.4, 0.5) is 32.0 Å². The minimum absolute atomic E-state index is 0.107. The molecular weight excluding hydrogens is 308 g/mol. The number of halogens is 6. The SMILES string of the molecule is CC1Nc2c(F)c(F)c3c(F)c(F)c(F)c(F)c3c2C1(C)C. The van der Waals surface area contributed by atoms with E-state index >= 15 is 0 Å². The first-order chi connectivity index (χ1) is 10.1. The largest absolute Gasteiger partial charge is 0.379 e. The van der Waals surface area contributed by atoms with E-state index in [1.54, 1.807) is 20.8 Å². The number of rotatable bonds is 0. The maximum atomic E-state index is 14.2. The molecule has 1 nitrogen and oxygen atoms in total. The molecule has 1 unspecified atom stereocenters. The number of hydrogen-bond donors (Lipinski definition) is 1. The fourth-order valence-corrected chi connectivity index (χ4v) is 2.92. The van der Waals surface area contributed by atoms with Gasteiger partial charge in [0.25, 0.3) is 0 Å². The lowest BCUT2D eigenvalue weighted by Gasteiger charge is -2.25. The first-order valence-electron chi connectivity index (χ1n) is 6.54. The maximum absolute atomic E-state index is 14.2. The molecule has 2 aromatic rings. The van der Waals surface area contributed by atoms with Gasteiger partial charge in [0, 0.05) is 16.8 Å². The van der Waals surface area contributed by atoms with Crippen molar-refractivity contribution < 1.29 is 26.3 Å². The highest BCUT2D eigenvalue weighted by Gasteiger charge is 2.43. The zero-order valence-electron chi connectivity index (χ0n) is 11.8. The molecule has 118 valence electrons. The summed E-state index contributed by atoms with van der Waals surface area (Å²) in [6.07, 6.45) is 0. The predicted molar refractivity (Wildman–Crippen MR) is 69.8 cm³/mol. The van der Waals surface area contributed by atoms with E-state index in [1.165, 1.54) is 0 Å². The fraction of sp³-hybridized carbons (Fsp3) is 0.333. The van der Waals surface area contributed by atoms with Crippen molar-refractivity contribution >= 4 is 16.5 Å². The summed E-state index contributed by atoms with van der Waals surface area (Å²) in [5.74, 6) is -11.1. The van der Waals surface area contributed by atoms with Gasteiger partial charge in [0.15, 0.2) is 34.9 Å². The molecule has 1 atom stereocenters. The van der Waals surface area contributed by atoms with E-state index in [0.717, 1.165) is 0 Å². The van der Waals surface area contributed by atoms with Crippen LogP contribution in [0.1, 0.15) is 26.3 Å². The van der Waals surface area contributed by atoms with Gasteiger partial charge in [0.1, 0.15) is 0 Å². The highest BCUT2D eigenvalue weighted by Crippen LogP contribution is 2.48. The van der Waals surface area contributed by atoms with E-state index in [1.807, 2.05) is 0 Å². The minimum Gasteiger partial charge on any atom is -0.379 e. The molecule has 0 spiro atoms. The van der Waals surface area contributed by atoms with Crippen molar-refractivity contribution in [1.82, 2.24) is 0 Å². The zero-order chi connectivity index (χ0) is 16.6. The maximum Gasteiger partial charge on any atom is 0.198 e. The minimum atomic E-state index is -2.17. The van der Waals surface area contributed by atoms with Gasteiger partial charge in [-0.25, -0.2) is 26.3 Å². The Labute approximate surface area is 121 Å². The third kappa shape index (κ3) is 1.56. The van der Waals surface area contributed by atoms with Crippen molar-refractivity contribution in [3.8, 4) is 0 Å². The van der Waals surface area contributed by atoms with Crippen molar-refractivity contribution in [1.29, 1.82) is 0 Å². The van der Waals surface area contributed by atoms with Crippen molar-refractivity contribution in [2.45, 2.75) is 32.2 Å². The second kappa shape index (κ2) is 4.30. The summed E-state index contributed by atoms with van der Waals surface area (Å²) in [4.78, 5) is 0. The van der Waals surface area contributed by atoms with Gasteiger partial charge in [-0.2, -0.15) is 0 Å². The van der Waals surface area contributed by atoms with Gasteiger partial charge < -0.3 is 5.32 Å². The van der Waals surface area contributed by atoms with E-state index < -0.39 is 57.1 Å². The van der Waals surface area contributed by atoms with Gasteiger partial charge >= 0.3 is 0 Å². The molecular formula is C15H11F6N. The second-order valence-corrected chi connectivity index (χ2v) is 5.97. The van der Waals surface area contributed by atoms with E-state index in [-0.39, 0.29) is 11.3 Å². The Morgan fingerprint density at radius 1 is 0.727 bits per heavy atom. The number of nitrogens with one attached hydrogen (secondary N) is 1. The van der Waals surface area contributed by atoms with Gasteiger partial charge in [-0.05, 0) is 12.5 Å². The zero-order valence-corrected chi connectivity index (χ0v) is 11.8. The first kappa shape index (κ1) is 15.0. The van der Waals surface area contributed by atoms with Crippen LogP contribution in [0.3, 0.4) is 0 Å². The van der Waals surface area contributed by atoms with Gasteiger partial charge in [-0.3, -0.25) is 0 Å². The van der Waals surface area contributed by atoms with Gasteiger partial charge in [0.05, 0.1) is 11.1 Å². The average Bonchev–Trinajstić information content (AvgIpc) is 2.69. The van der Waals surface area contributed by atoms with Crippen LogP contribution in [-0.4, -0.2) is 6.04 Å². The first-order valence-corrected chi connectivity index (χ1v) is 6.54. The van der Waals surface area contributed by atoms with Gasteiger partial charge in [0.2, 0.25) is 0 Å². The second-order valence-electron chi connectivity index (χ2n) is 5.97. The van der Waals surface area contributed by atoms with Gasteiger partial charge in [-0.1, -0.05) is 13.8 Å². The molecule has 0 saturated heterocycles. The predicted octanol–water partition coefficient (Wildman–Crippen LogP) is 4.77. The third-order valence-corrected chi connectivity index (χ3v) is 4.49. The van der Waals surface area contributed by atoms with E-state index in [2.05, 4.69) is 5.32 Å². The standard InChI is InChI=1S/C15H11F6N/c1-4-15(2,3)7-5-6(10(18)13(21)14(7)22-4)9(17)12(20)11(19)8(5)16/h4,22H,1-3H3. The summed E-state index contributed by atoms with van der Waals surface area (Å²) < 4.78 is 83.2. The molecule has 0 aliphatic carbocycles. The van der Waals surface area contributed by atoms with Crippen LogP contribution in [0, 0.1) is 34.9 Å². The average molecular weight is 319 g/mol. The Morgan fingerprint density at radius 2 is 1.18 bits per heavy atom. The molecule has 7 heteroatoms. The quantitative estimate of drug-likeness (QED) is 0.419. The molecule has 0 fully saturated rings. The smallest absolute Gasteiger partial charge is 0.198 e. The topological polar surface area (TPSA) is 12.0 Å². The Kier molecular flexibility index (Phi) is 2.93. The van der Waals surface area contributed by atoms with Crippen LogP contribution < -0.4 is 5.32 Å². The summed E-state index contributed by atoms with van der Waals surface area (Å²) in [7, 11) is 0. The number of hydrogen-bond acceptors (Lipinski definition) is 1. The van der Waals surface area contributed by atoms with E-state index in [4.69, 9.17) is 0 Å². The lowest BCUT2D eigenvalue weighted by Crippen LogP contribution is -2.30. The Morgan fingerprint density at radius 3 is 1.73 bits per heavy atom. The molecule has 22 heavy (non-hydrogen) atoms. The number of benzene rings is 2. The van der Waals surface area contributed by atoms with Crippen LogP contribution in [0.25, 0.3) is 10.8 Å². The van der Waals surface area contributed by atoms with Crippen LogP contribution in [0.2, 0.25) is 0 Å². The molecule has 0 saturated carbocycles. The summed E-state index contributed by atoms with van der Waals surface area (Å²) >= 11 is 0. The number of anilines is 1. The highest BCUT2D eigenvalue weighted by molar-refractivity contribution is 5.94. The van der Waals surface area contributed by atoms with Crippen LogP contribution in [-0.2, 0) is 5.41 Å². The van der Waals surface area contributed by atoms with Crippen molar-refractivity contribution in [2.75, 3.05) is 5.32 Å². The monoisotopic (exact) mass is 319 g/mol. The molecule has 0 radical (unpaired) electrons. The summed E-state index contributed by atoms with van der Waals surface area (Å²) in [5.41, 5.74) is -1.41. The molecule has 0 bridgehead atoms. The van der Waals surface area contributed by atoms with Crippen molar-refractivity contribution in [3.63, 3.8) is 0 Å². The Bertz CT molecular complexity index is 827. The molecule has 0 amide bonds. The summed E-state index contributed by atoms with van der Waals surface area (Å²) in [6, 6.07) is -0.447. The Balaban J connectivity index is 2.66. The van der Waals surface area contributed by atoms with Crippen molar-refractivity contribution in [3.05, 3.63) is 40.5 Å². The van der Waals surface area contributed by atoms with Crippen LogP contribution in [0.15, 0.2) is 0 Å². The lowest BCUT2D eigenvalue weighted by molar-refractivity contribution is 0.413. The van der Waals surface area contributed by atoms with E-state index in [9.17, 15) is 26.3 Å². The molecule has 1 aliphatic rings. The van der Waals surface area contributed by atoms with Crippen LogP contribution >= 0.6 is 0 Å². The summed E-state index contributed by atoms with van der Waals surface area (Å²) in [6.45, 7) is 4.81. The number of fused-ring (bicyclic) bond motifs is 3. The molecule has 2 aromatic carbocycles. The molecule has 3 rings (SSSR count). The molecule has 0 aromatic heterocycles. The van der Waals surface area contributed by atoms with E-state index in [0.29, 0.717) is 0 Å². The Hall–Kier alpha value is -1.92. The highest BCUT2D eigenvalue weighted by atomic mass is 19.2. The fourth-order valence-electron chi connectivity index (χ4n) is 2.92. The third-order valence-electron chi connectivity index (χ3n) is 4.49. The lowest BCUT2D eigenvalue weighted by atomic mass is 9.78. The summed E-state index contributed by atoms with van der Waals surface area (Å²) in [5, 5.41) is 0.667. The molecule has 1 aliphatic heterocycles. The van der Waals surface area contributed by atoms with Gasteiger partial charge in [-0.15, -0.1) is 0 Å². The van der Waals surface area contributed by atoms with Crippen molar-refractivity contribution in [2.24, 2.45) is 0 Å². The molecule has 1 N–H and O–H groups in total. The molecule has 1 heterocycles. The normalized spacial score (nSPS) is 19.4. The van der Waals surface area contributed by atoms with Crippen LogP contribution in [0.5, 0.6) is 0 Å².